The zero-order chi connectivity index (χ0) is 23.6. The summed E-state index contributed by atoms with van der Waals surface area (Å²) in [5, 5.41) is 2.84. The number of carbonyl (C=O) groups excluding carboxylic acids is 2. The topological polar surface area (TPSA) is 136 Å². The highest BCUT2D eigenvalue weighted by atomic mass is 35.5. The van der Waals surface area contributed by atoms with E-state index in [1.54, 1.807) is 4.90 Å². The maximum absolute atomic E-state index is 12.9. The van der Waals surface area contributed by atoms with Gasteiger partial charge < -0.3 is 24.4 Å². The van der Waals surface area contributed by atoms with Crippen LogP contribution < -0.4 is 19.5 Å². The molecular formula is C20H21ClN4O7S. The number of ether oxygens (including phenoxy) is 3. The minimum Gasteiger partial charge on any atom is -0.495 e. The molecule has 33 heavy (non-hydrogen) atoms. The van der Waals surface area contributed by atoms with Crippen LogP contribution in [0, 0.1) is 0 Å². The quantitative estimate of drug-likeness (QED) is 0.623. The molecule has 2 amide bonds. The van der Waals surface area contributed by atoms with Crippen LogP contribution >= 0.6 is 11.6 Å². The van der Waals surface area contributed by atoms with E-state index in [1.165, 1.54) is 37.6 Å². The number of sulfonamides is 1. The molecule has 0 spiro atoms. The highest BCUT2D eigenvalue weighted by Gasteiger charge is 2.32. The first-order chi connectivity index (χ1) is 15.8. The van der Waals surface area contributed by atoms with Crippen LogP contribution in [0.15, 0.2) is 35.4 Å². The van der Waals surface area contributed by atoms with Gasteiger partial charge in [-0.1, -0.05) is 11.6 Å². The van der Waals surface area contributed by atoms with Crippen molar-refractivity contribution in [1.29, 1.82) is 0 Å². The van der Waals surface area contributed by atoms with E-state index in [0.717, 1.165) is 0 Å². The predicted octanol–water partition coefficient (Wildman–Crippen LogP) is 0.894. The number of hydrogen-bond acceptors (Lipinski definition) is 8. The zero-order valence-corrected chi connectivity index (χ0v) is 19.1. The number of pyridine rings is 1. The number of benzene rings is 1. The molecule has 1 aromatic carbocycles. The van der Waals surface area contributed by atoms with Crippen LogP contribution in [0.4, 0.5) is 5.69 Å². The Kier molecular flexibility index (Phi) is 6.58. The van der Waals surface area contributed by atoms with Gasteiger partial charge in [-0.25, -0.2) is 13.4 Å². The molecule has 4 rings (SSSR count). The number of morpholine rings is 1. The SMILES string of the molecule is COc1ccc(Cl)cc1S(=O)(=O)Nc1cnc2c(c1)C(=O)NC(C(=O)N1CCOCC1)CO2. The van der Waals surface area contributed by atoms with E-state index in [1.807, 2.05) is 0 Å². The molecule has 11 nitrogen and oxygen atoms in total. The summed E-state index contributed by atoms with van der Waals surface area (Å²) in [6.45, 7) is 1.60. The van der Waals surface area contributed by atoms with Crippen LogP contribution in [0.25, 0.3) is 0 Å². The van der Waals surface area contributed by atoms with Gasteiger partial charge in [-0.15, -0.1) is 0 Å². The van der Waals surface area contributed by atoms with Crippen molar-refractivity contribution in [1.82, 2.24) is 15.2 Å². The maximum atomic E-state index is 12.9. The molecule has 0 saturated carbocycles. The van der Waals surface area contributed by atoms with Gasteiger partial charge in [-0.05, 0) is 24.3 Å². The van der Waals surface area contributed by atoms with Crippen molar-refractivity contribution in [2.24, 2.45) is 0 Å². The van der Waals surface area contributed by atoms with Crippen molar-refractivity contribution in [3.63, 3.8) is 0 Å². The number of aromatic nitrogens is 1. The Morgan fingerprint density at radius 3 is 2.79 bits per heavy atom. The number of amides is 2. The number of nitrogens with one attached hydrogen (secondary N) is 2. The molecule has 0 radical (unpaired) electrons. The van der Waals surface area contributed by atoms with Gasteiger partial charge in [0, 0.05) is 18.1 Å². The summed E-state index contributed by atoms with van der Waals surface area (Å²) in [5.74, 6) is -0.801. The van der Waals surface area contributed by atoms with Crippen molar-refractivity contribution in [2.45, 2.75) is 10.9 Å². The molecule has 0 bridgehead atoms. The average Bonchev–Trinajstić information content (AvgIpc) is 2.97. The van der Waals surface area contributed by atoms with E-state index < -0.39 is 22.0 Å². The lowest BCUT2D eigenvalue weighted by Gasteiger charge is -2.29. The molecule has 0 aliphatic carbocycles. The molecule has 2 N–H and O–H groups in total. The Labute approximate surface area is 195 Å². The lowest BCUT2D eigenvalue weighted by Crippen LogP contribution is -2.53. The van der Waals surface area contributed by atoms with Crippen molar-refractivity contribution in [3.05, 3.63) is 41.0 Å². The second-order valence-corrected chi connectivity index (χ2v) is 9.34. The zero-order valence-electron chi connectivity index (χ0n) is 17.5. The van der Waals surface area contributed by atoms with Crippen molar-refractivity contribution < 1.29 is 32.2 Å². The third-order valence-electron chi connectivity index (χ3n) is 5.08. The Morgan fingerprint density at radius 1 is 1.30 bits per heavy atom. The first-order valence-electron chi connectivity index (χ1n) is 9.95. The molecule has 1 atom stereocenters. The Bertz CT molecular complexity index is 1180. The second kappa shape index (κ2) is 9.41. The smallest absolute Gasteiger partial charge is 0.265 e. The number of anilines is 1. The molecule has 2 aliphatic rings. The molecule has 1 fully saturated rings. The largest absolute Gasteiger partial charge is 0.495 e. The molecule has 2 aromatic rings. The van der Waals surface area contributed by atoms with E-state index in [4.69, 9.17) is 25.8 Å². The van der Waals surface area contributed by atoms with Gasteiger partial charge in [0.2, 0.25) is 11.8 Å². The second-order valence-electron chi connectivity index (χ2n) is 7.25. The number of hydrogen-bond donors (Lipinski definition) is 2. The Balaban J connectivity index is 1.55. The average molecular weight is 497 g/mol. The molecule has 3 heterocycles. The molecule has 13 heteroatoms. The fraction of sp³-hybridized carbons (Fsp3) is 0.350. The summed E-state index contributed by atoms with van der Waals surface area (Å²) in [7, 11) is -2.78. The van der Waals surface area contributed by atoms with E-state index in [0.29, 0.717) is 26.3 Å². The fourth-order valence-corrected chi connectivity index (χ4v) is 4.90. The highest BCUT2D eigenvalue weighted by Crippen LogP contribution is 2.30. The minimum atomic E-state index is -4.12. The van der Waals surface area contributed by atoms with Crippen LogP contribution in [0.1, 0.15) is 10.4 Å². The number of methoxy groups -OCH3 is 1. The van der Waals surface area contributed by atoms with E-state index in [-0.39, 0.29) is 45.3 Å². The van der Waals surface area contributed by atoms with Crippen molar-refractivity contribution in [3.8, 4) is 11.6 Å². The van der Waals surface area contributed by atoms with Crippen LogP contribution in [-0.4, -0.2) is 76.2 Å². The van der Waals surface area contributed by atoms with E-state index in [9.17, 15) is 18.0 Å². The Hall–Kier alpha value is -3.09. The van der Waals surface area contributed by atoms with Crippen LogP contribution in [-0.2, 0) is 19.6 Å². The van der Waals surface area contributed by atoms with Gasteiger partial charge in [0.1, 0.15) is 28.9 Å². The van der Waals surface area contributed by atoms with Gasteiger partial charge in [0.15, 0.2) is 0 Å². The molecular weight excluding hydrogens is 476 g/mol. The van der Waals surface area contributed by atoms with Crippen LogP contribution in [0.3, 0.4) is 0 Å². The van der Waals surface area contributed by atoms with Crippen molar-refractivity contribution in [2.75, 3.05) is 44.7 Å². The summed E-state index contributed by atoms with van der Waals surface area (Å²) >= 11 is 5.94. The number of rotatable bonds is 5. The fourth-order valence-electron chi connectivity index (χ4n) is 3.43. The third kappa shape index (κ3) is 4.97. The standard InChI is InChI=1S/C20H21ClN4O7S/c1-30-16-3-2-12(21)8-17(16)33(28,29)24-13-9-14-18(26)23-15(11-32-19(14)22-10-13)20(27)25-4-6-31-7-5-25/h2-3,8-10,15,24H,4-7,11H2,1H3,(H,23,26). The minimum absolute atomic E-state index is 0.00642. The Morgan fingerprint density at radius 2 is 2.06 bits per heavy atom. The summed E-state index contributed by atoms with van der Waals surface area (Å²) in [4.78, 5) is 31.0. The molecule has 1 unspecified atom stereocenters. The van der Waals surface area contributed by atoms with E-state index in [2.05, 4.69) is 15.0 Å². The summed E-state index contributed by atoms with van der Waals surface area (Å²) in [6.07, 6.45) is 1.21. The number of nitrogens with zero attached hydrogens (tertiary/aromatic N) is 2. The van der Waals surface area contributed by atoms with Gasteiger partial charge in [0.05, 0.1) is 32.2 Å². The predicted molar refractivity (Wildman–Crippen MR) is 117 cm³/mol. The normalized spacial score (nSPS) is 18.4. The summed E-state index contributed by atoms with van der Waals surface area (Å²) in [5.41, 5.74) is 0.0121. The number of carbonyl (C=O) groups is 2. The lowest BCUT2D eigenvalue weighted by atomic mass is 10.2. The maximum Gasteiger partial charge on any atom is 0.265 e. The number of fused-ring (bicyclic) bond motifs is 1. The lowest BCUT2D eigenvalue weighted by molar-refractivity contribution is -0.138. The van der Waals surface area contributed by atoms with E-state index >= 15 is 0 Å². The molecule has 2 aliphatic heterocycles. The van der Waals surface area contributed by atoms with Crippen LogP contribution in [0.5, 0.6) is 11.6 Å². The summed E-state index contributed by atoms with van der Waals surface area (Å²) < 4.78 is 44.1. The van der Waals surface area contributed by atoms with Gasteiger partial charge >= 0.3 is 0 Å². The highest BCUT2D eigenvalue weighted by molar-refractivity contribution is 7.92. The first kappa shape index (κ1) is 23.1. The first-order valence-corrected chi connectivity index (χ1v) is 11.8. The molecule has 1 saturated heterocycles. The van der Waals surface area contributed by atoms with Crippen molar-refractivity contribution >= 4 is 39.1 Å². The molecule has 1 aromatic heterocycles. The van der Waals surface area contributed by atoms with Gasteiger partial charge in [-0.3, -0.25) is 14.3 Å². The third-order valence-corrected chi connectivity index (χ3v) is 6.71. The monoisotopic (exact) mass is 496 g/mol. The summed E-state index contributed by atoms with van der Waals surface area (Å²) in [6, 6.07) is 4.56. The van der Waals surface area contributed by atoms with Crippen LogP contribution in [0.2, 0.25) is 5.02 Å². The van der Waals surface area contributed by atoms with Gasteiger partial charge in [-0.2, -0.15) is 0 Å². The molecule has 176 valence electrons. The number of halogens is 1. The van der Waals surface area contributed by atoms with Gasteiger partial charge in [0.25, 0.3) is 15.9 Å².